The molecule has 2 heteroatoms. The number of rotatable bonds is 2. The molecule has 0 amide bonds. The lowest BCUT2D eigenvalue weighted by molar-refractivity contribution is -0.138. The van der Waals surface area contributed by atoms with E-state index in [1.807, 2.05) is 13.8 Å². The van der Waals surface area contributed by atoms with Crippen LogP contribution in [0, 0.1) is 19.8 Å². The van der Waals surface area contributed by atoms with Gasteiger partial charge in [0.15, 0.2) is 0 Å². The summed E-state index contributed by atoms with van der Waals surface area (Å²) >= 11 is 0. The Morgan fingerprint density at radius 1 is 1.43 bits per heavy atom. The summed E-state index contributed by atoms with van der Waals surface area (Å²) in [4.78, 5) is 10.7. The minimum Gasteiger partial charge on any atom is -0.481 e. The smallest absolute Gasteiger partial charge is 0.307 e. The lowest BCUT2D eigenvalue weighted by Crippen LogP contribution is -2.00. The van der Waals surface area contributed by atoms with E-state index in [0.717, 1.165) is 6.42 Å². The van der Waals surface area contributed by atoms with E-state index < -0.39 is 5.97 Å². The molecule has 2 rings (SSSR count). The normalized spacial score (nSPS) is 24.7. The fraction of sp³-hybridized carbons (Fsp3) is 0.417. The third-order valence-electron chi connectivity index (χ3n) is 2.94. The number of hydrogen-bond donors (Lipinski definition) is 1. The zero-order chi connectivity index (χ0) is 10.3. The van der Waals surface area contributed by atoms with Crippen molar-refractivity contribution in [2.45, 2.75) is 26.2 Å². The second kappa shape index (κ2) is 3.12. The van der Waals surface area contributed by atoms with Crippen LogP contribution in [0.15, 0.2) is 18.2 Å². The van der Waals surface area contributed by atoms with Gasteiger partial charge in [0, 0.05) is 0 Å². The van der Waals surface area contributed by atoms with Crippen LogP contribution in [0.2, 0.25) is 0 Å². The van der Waals surface area contributed by atoms with Gasteiger partial charge in [0.05, 0.1) is 5.92 Å². The first kappa shape index (κ1) is 9.25. The van der Waals surface area contributed by atoms with Crippen molar-refractivity contribution in [3.05, 3.63) is 34.9 Å². The minimum atomic E-state index is -0.657. The number of carbonyl (C=O) groups is 1. The van der Waals surface area contributed by atoms with Gasteiger partial charge < -0.3 is 5.11 Å². The summed E-state index contributed by atoms with van der Waals surface area (Å²) in [6.07, 6.45) is 0.805. The minimum absolute atomic E-state index is 0.143. The third kappa shape index (κ3) is 1.52. The molecule has 0 aromatic heterocycles. The van der Waals surface area contributed by atoms with E-state index in [1.165, 1.54) is 16.7 Å². The number of benzene rings is 1. The van der Waals surface area contributed by atoms with Gasteiger partial charge in [-0.3, -0.25) is 4.79 Å². The van der Waals surface area contributed by atoms with Gasteiger partial charge in [-0.05, 0) is 37.3 Å². The van der Waals surface area contributed by atoms with Crippen LogP contribution in [0.3, 0.4) is 0 Å². The van der Waals surface area contributed by atoms with Crippen LogP contribution >= 0.6 is 0 Å². The Balaban J connectivity index is 2.26. The van der Waals surface area contributed by atoms with Crippen LogP contribution in [0.1, 0.15) is 29.0 Å². The average Bonchev–Trinajstić information content (AvgIpc) is 2.88. The molecule has 0 radical (unpaired) electrons. The molecule has 1 aliphatic carbocycles. The van der Waals surface area contributed by atoms with Crippen LogP contribution in [0.25, 0.3) is 0 Å². The molecule has 1 aromatic carbocycles. The summed E-state index contributed by atoms with van der Waals surface area (Å²) in [6.45, 7) is 4.09. The highest BCUT2D eigenvalue weighted by Gasteiger charge is 2.44. The zero-order valence-corrected chi connectivity index (χ0v) is 8.45. The largest absolute Gasteiger partial charge is 0.481 e. The maximum atomic E-state index is 10.7. The van der Waals surface area contributed by atoms with Crippen LogP contribution in [-0.4, -0.2) is 11.1 Å². The molecule has 0 spiro atoms. The first-order chi connectivity index (χ1) is 6.59. The van der Waals surface area contributed by atoms with Gasteiger partial charge in [0.1, 0.15) is 0 Å². The van der Waals surface area contributed by atoms with Gasteiger partial charge in [-0.1, -0.05) is 23.8 Å². The van der Waals surface area contributed by atoms with E-state index in [0.29, 0.717) is 0 Å². The Morgan fingerprint density at radius 2 is 2.14 bits per heavy atom. The van der Waals surface area contributed by atoms with Crippen molar-refractivity contribution in [1.82, 2.24) is 0 Å². The van der Waals surface area contributed by atoms with Gasteiger partial charge in [-0.25, -0.2) is 0 Å². The average molecular weight is 190 g/mol. The summed E-state index contributed by atoms with van der Waals surface area (Å²) in [5.74, 6) is -0.543. The van der Waals surface area contributed by atoms with Crippen LogP contribution in [-0.2, 0) is 4.79 Å². The lowest BCUT2D eigenvalue weighted by atomic mass is 10.0. The summed E-state index contributed by atoms with van der Waals surface area (Å²) in [6, 6.07) is 6.25. The number of aryl methyl sites for hydroxylation is 2. The highest BCUT2D eigenvalue weighted by atomic mass is 16.4. The molecule has 2 atom stereocenters. The van der Waals surface area contributed by atoms with E-state index in [9.17, 15) is 4.79 Å². The van der Waals surface area contributed by atoms with Crippen molar-refractivity contribution < 1.29 is 9.90 Å². The molecule has 0 aliphatic heterocycles. The maximum Gasteiger partial charge on any atom is 0.307 e. The molecule has 2 nitrogen and oxygen atoms in total. The molecular weight excluding hydrogens is 176 g/mol. The van der Waals surface area contributed by atoms with Crippen molar-refractivity contribution in [3.8, 4) is 0 Å². The van der Waals surface area contributed by atoms with E-state index in [-0.39, 0.29) is 11.8 Å². The molecule has 0 heterocycles. The molecule has 1 N–H and O–H groups in total. The summed E-state index contributed by atoms with van der Waals surface area (Å²) in [5, 5.41) is 8.85. The number of carboxylic acid groups (broad SMARTS) is 1. The van der Waals surface area contributed by atoms with E-state index in [2.05, 4.69) is 18.2 Å². The van der Waals surface area contributed by atoms with Crippen molar-refractivity contribution in [2.75, 3.05) is 0 Å². The first-order valence-electron chi connectivity index (χ1n) is 4.89. The predicted octanol–water partition coefficient (Wildman–Crippen LogP) is 2.49. The van der Waals surface area contributed by atoms with Gasteiger partial charge in [-0.15, -0.1) is 0 Å². The second-order valence-corrected chi connectivity index (χ2v) is 4.15. The summed E-state index contributed by atoms with van der Waals surface area (Å²) in [7, 11) is 0. The fourth-order valence-corrected chi connectivity index (χ4v) is 1.97. The monoisotopic (exact) mass is 190 g/mol. The maximum absolute atomic E-state index is 10.7. The first-order valence-corrected chi connectivity index (χ1v) is 4.89. The van der Waals surface area contributed by atoms with E-state index in [1.54, 1.807) is 0 Å². The standard InChI is InChI=1S/C12H14O2/c1-7-3-4-8(2)9(5-7)10-6-11(10)12(13)14/h3-5,10-11H,6H2,1-2H3,(H,13,14)/t10-,11+/m0/s1. The molecule has 0 bridgehead atoms. The van der Waals surface area contributed by atoms with E-state index in [4.69, 9.17) is 5.11 Å². The third-order valence-corrected chi connectivity index (χ3v) is 2.94. The molecule has 0 unspecified atom stereocenters. The van der Waals surface area contributed by atoms with Crippen LogP contribution < -0.4 is 0 Å². The molecule has 14 heavy (non-hydrogen) atoms. The van der Waals surface area contributed by atoms with E-state index >= 15 is 0 Å². The van der Waals surface area contributed by atoms with Crippen molar-refractivity contribution in [3.63, 3.8) is 0 Å². The van der Waals surface area contributed by atoms with Gasteiger partial charge in [0.2, 0.25) is 0 Å². The molecule has 1 aromatic rings. The van der Waals surface area contributed by atoms with Crippen molar-refractivity contribution in [1.29, 1.82) is 0 Å². The molecular formula is C12H14O2. The Hall–Kier alpha value is -1.31. The van der Waals surface area contributed by atoms with Gasteiger partial charge in [-0.2, -0.15) is 0 Å². The Labute approximate surface area is 83.6 Å². The highest BCUT2D eigenvalue weighted by Crippen LogP contribution is 2.48. The van der Waals surface area contributed by atoms with Crippen molar-refractivity contribution in [2.24, 2.45) is 5.92 Å². The molecule has 1 fully saturated rings. The van der Waals surface area contributed by atoms with Crippen LogP contribution in [0.5, 0.6) is 0 Å². The number of aliphatic carboxylic acids is 1. The Kier molecular flexibility index (Phi) is 2.06. The number of carboxylic acids is 1. The molecule has 1 aliphatic rings. The molecule has 0 saturated heterocycles. The zero-order valence-electron chi connectivity index (χ0n) is 8.45. The lowest BCUT2D eigenvalue weighted by Gasteiger charge is -2.05. The molecule has 1 saturated carbocycles. The SMILES string of the molecule is Cc1ccc(C)c([C@@H]2C[C@H]2C(=O)O)c1. The Bertz CT molecular complexity index is 382. The quantitative estimate of drug-likeness (QED) is 0.778. The predicted molar refractivity (Wildman–Crippen MR) is 54.4 cm³/mol. The summed E-state index contributed by atoms with van der Waals surface area (Å²) in [5.41, 5.74) is 3.64. The Morgan fingerprint density at radius 3 is 2.71 bits per heavy atom. The topological polar surface area (TPSA) is 37.3 Å². The second-order valence-electron chi connectivity index (χ2n) is 4.15. The van der Waals surface area contributed by atoms with Gasteiger partial charge in [0.25, 0.3) is 0 Å². The molecule has 74 valence electrons. The summed E-state index contributed by atoms with van der Waals surface area (Å²) < 4.78 is 0. The van der Waals surface area contributed by atoms with Gasteiger partial charge >= 0.3 is 5.97 Å². The van der Waals surface area contributed by atoms with Crippen molar-refractivity contribution >= 4 is 5.97 Å². The highest BCUT2D eigenvalue weighted by molar-refractivity contribution is 5.75. The van der Waals surface area contributed by atoms with Crippen LogP contribution in [0.4, 0.5) is 0 Å². The number of hydrogen-bond acceptors (Lipinski definition) is 1. The fourth-order valence-electron chi connectivity index (χ4n) is 1.97.